The van der Waals surface area contributed by atoms with Gasteiger partial charge in [0.05, 0.1) is 29.5 Å². The second-order valence-corrected chi connectivity index (χ2v) is 4.58. The topological polar surface area (TPSA) is 62.1 Å². The molecule has 0 heterocycles. The van der Waals surface area contributed by atoms with Crippen LogP contribution in [-0.2, 0) is 9.53 Å². The largest absolute Gasteiger partial charge is 0.467 e. The fraction of sp³-hybridized carbons (Fsp3) is 0.429. The summed E-state index contributed by atoms with van der Waals surface area (Å²) in [6.07, 6.45) is 2.56. The van der Waals surface area contributed by atoms with Crippen LogP contribution in [0.25, 0.3) is 0 Å². The highest BCUT2D eigenvalue weighted by molar-refractivity contribution is 6.33. The molecule has 0 aromatic heterocycles. The summed E-state index contributed by atoms with van der Waals surface area (Å²) >= 11 is 6.06. The van der Waals surface area contributed by atoms with Crippen LogP contribution in [0.1, 0.15) is 31.7 Å². The van der Waals surface area contributed by atoms with Crippen molar-refractivity contribution in [1.29, 1.82) is 5.26 Å². The maximum Gasteiger partial charge on any atom is 0.328 e. The van der Waals surface area contributed by atoms with Gasteiger partial charge in [-0.2, -0.15) is 5.26 Å². The summed E-state index contributed by atoms with van der Waals surface area (Å²) in [5.41, 5.74) is 1.07. The van der Waals surface area contributed by atoms with Gasteiger partial charge in [0.15, 0.2) is 0 Å². The molecule has 0 bridgehead atoms. The number of nitriles is 1. The summed E-state index contributed by atoms with van der Waals surface area (Å²) in [4.78, 5) is 11.7. The molecule has 0 aliphatic rings. The summed E-state index contributed by atoms with van der Waals surface area (Å²) in [5.74, 6) is -0.327. The normalized spacial score (nSPS) is 11.5. The molecule has 1 rings (SSSR count). The quantitative estimate of drug-likeness (QED) is 0.812. The lowest BCUT2D eigenvalue weighted by Gasteiger charge is -2.18. The molecule has 0 fully saturated rings. The molecule has 1 atom stereocenters. The highest BCUT2D eigenvalue weighted by Gasteiger charge is 2.19. The molecule has 0 radical (unpaired) electrons. The fourth-order valence-corrected chi connectivity index (χ4v) is 1.86. The molecule has 1 aromatic carbocycles. The zero-order chi connectivity index (χ0) is 14.3. The van der Waals surface area contributed by atoms with E-state index in [2.05, 4.69) is 12.2 Å². The number of nitrogens with zero attached hydrogens (tertiary/aromatic N) is 1. The van der Waals surface area contributed by atoms with Gasteiger partial charge >= 0.3 is 5.97 Å². The number of unbranched alkanes of at least 4 members (excludes halogenated alkanes) is 1. The Bertz CT molecular complexity index is 483. The molecule has 5 heteroatoms. The van der Waals surface area contributed by atoms with Gasteiger partial charge in [-0.15, -0.1) is 0 Å². The van der Waals surface area contributed by atoms with Gasteiger partial charge in [0.2, 0.25) is 0 Å². The zero-order valence-corrected chi connectivity index (χ0v) is 11.8. The van der Waals surface area contributed by atoms with E-state index in [1.807, 2.05) is 6.07 Å². The third kappa shape index (κ3) is 4.46. The number of benzene rings is 1. The van der Waals surface area contributed by atoms with Gasteiger partial charge in [-0.25, -0.2) is 4.79 Å². The van der Waals surface area contributed by atoms with Crippen LogP contribution in [0, 0.1) is 11.3 Å². The molecule has 0 aliphatic carbocycles. The Labute approximate surface area is 118 Å². The number of hydrogen-bond donors (Lipinski definition) is 1. The van der Waals surface area contributed by atoms with Gasteiger partial charge in [0.1, 0.15) is 6.04 Å². The molecular formula is C14H17ClN2O2. The minimum atomic E-state index is -0.448. The smallest absolute Gasteiger partial charge is 0.328 e. The maximum absolute atomic E-state index is 11.7. The lowest BCUT2D eigenvalue weighted by molar-refractivity contribution is -0.141. The third-order valence-electron chi connectivity index (χ3n) is 2.76. The van der Waals surface area contributed by atoms with Gasteiger partial charge in [0.25, 0.3) is 0 Å². The van der Waals surface area contributed by atoms with E-state index in [0.717, 1.165) is 12.8 Å². The summed E-state index contributed by atoms with van der Waals surface area (Å²) < 4.78 is 4.77. The second-order valence-electron chi connectivity index (χ2n) is 4.17. The Morgan fingerprint density at radius 1 is 1.58 bits per heavy atom. The van der Waals surface area contributed by atoms with Crippen molar-refractivity contribution < 1.29 is 9.53 Å². The molecule has 0 saturated carbocycles. The van der Waals surface area contributed by atoms with Gasteiger partial charge in [-0.1, -0.05) is 31.4 Å². The van der Waals surface area contributed by atoms with Crippen molar-refractivity contribution in [3.05, 3.63) is 28.8 Å². The van der Waals surface area contributed by atoms with Crippen LogP contribution in [0.5, 0.6) is 0 Å². The van der Waals surface area contributed by atoms with Crippen molar-refractivity contribution >= 4 is 23.3 Å². The van der Waals surface area contributed by atoms with Crippen LogP contribution in [0.15, 0.2) is 18.2 Å². The summed E-state index contributed by atoms with van der Waals surface area (Å²) in [6.45, 7) is 2.05. The molecular weight excluding hydrogens is 264 g/mol. The predicted molar refractivity (Wildman–Crippen MR) is 75.1 cm³/mol. The van der Waals surface area contributed by atoms with Crippen molar-refractivity contribution in [3.63, 3.8) is 0 Å². The van der Waals surface area contributed by atoms with E-state index in [9.17, 15) is 4.79 Å². The average Bonchev–Trinajstić information content (AvgIpc) is 2.44. The number of carbonyl (C=O) groups excluding carboxylic acids is 1. The Kier molecular flexibility index (Phi) is 6.17. The molecule has 1 unspecified atom stereocenters. The van der Waals surface area contributed by atoms with Gasteiger partial charge in [0, 0.05) is 0 Å². The Morgan fingerprint density at radius 3 is 2.89 bits per heavy atom. The maximum atomic E-state index is 11.7. The number of halogens is 1. The molecule has 0 spiro atoms. The molecule has 0 aliphatic heterocycles. The van der Waals surface area contributed by atoms with Gasteiger partial charge in [-0.3, -0.25) is 0 Å². The van der Waals surface area contributed by atoms with Gasteiger partial charge < -0.3 is 10.1 Å². The van der Waals surface area contributed by atoms with Crippen molar-refractivity contribution in [2.45, 2.75) is 32.2 Å². The monoisotopic (exact) mass is 280 g/mol. The van der Waals surface area contributed by atoms with Crippen LogP contribution in [-0.4, -0.2) is 19.1 Å². The Balaban J connectivity index is 2.89. The minimum absolute atomic E-state index is 0.327. The van der Waals surface area contributed by atoms with Crippen LogP contribution in [0.4, 0.5) is 5.69 Å². The molecule has 102 valence electrons. The van der Waals surface area contributed by atoms with E-state index in [0.29, 0.717) is 22.7 Å². The first kappa shape index (κ1) is 15.3. The van der Waals surface area contributed by atoms with E-state index >= 15 is 0 Å². The SMILES string of the molecule is CCCCC(Nc1cc(C#N)ccc1Cl)C(=O)OC. The van der Waals surface area contributed by atoms with Crippen molar-refractivity contribution in [3.8, 4) is 6.07 Å². The highest BCUT2D eigenvalue weighted by Crippen LogP contribution is 2.24. The Morgan fingerprint density at radius 2 is 2.32 bits per heavy atom. The second kappa shape index (κ2) is 7.65. The minimum Gasteiger partial charge on any atom is -0.467 e. The summed E-state index contributed by atoms with van der Waals surface area (Å²) in [7, 11) is 1.36. The summed E-state index contributed by atoms with van der Waals surface area (Å²) in [5, 5.41) is 12.4. The van der Waals surface area contributed by atoms with Crippen LogP contribution >= 0.6 is 11.6 Å². The number of methoxy groups -OCH3 is 1. The number of hydrogen-bond acceptors (Lipinski definition) is 4. The van der Waals surface area contributed by atoms with Gasteiger partial charge in [-0.05, 0) is 24.6 Å². The molecule has 19 heavy (non-hydrogen) atoms. The van der Waals surface area contributed by atoms with Crippen LogP contribution in [0.3, 0.4) is 0 Å². The first-order chi connectivity index (χ1) is 9.12. The van der Waals surface area contributed by atoms with Crippen LogP contribution < -0.4 is 5.32 Å². The number of esters is 1. The van der Waals surface area contributed by atoms with Crippen molar-refractivity contribution in [1.82, 2.24) is 0 Å². The molecule has 1 aromatic rings. The third-order valence-corrected chi connectivity index (χ3v) is 3.09. The molecule has 0 saturated heterocycles. The predicted octanol–water partition coefficient (Wildman–Crippen LogP) is 3.36. The number of carbonyl (C=O) groups is 1. The molecule has 4 nitrogen and oxygen atoms in total. The van der Waals surface area contributed by atoms with E-state index in [-0.39, 0.29) is 5.97 Å². The number of nitrogens with one attached hydrogen (secondary N) is 1. The lowest BCUT2D eigenvalue weighted by Crippen LogP contribution is -2.30. The van der Waals surface area contributed by atoms with Crippen molar-refractivity contribution in [2.24, 2.45) is 0 Å². The average molecular weight is 281 g/mol. The number of anilines is 1. The van der Waals surface area contributed by atoms with E-state index < -0.39 is 6.04 Å². The Hall–Kier alpha value is -1.73. The van der Waals surface area contributed by atoms with E-state index in [1.54, 1.807) is 18.2 Å². The first-order valence-electron chi connectivity index (χ1n) is 6.16. The zero-order valence-electron chi connectivity index (χ0n) is 11.1. The molecule has 0 amide bonds. The van der Waals surface area contributed by atoms with Crippen molar-refractivity contribution in [2.75, 3.05) is 12.4 Å². The summed E-state index contributed by atoms with van der Waals surface area (Å²) in [6, 6.07) is 6.49. The highest BCUT2D eigenvalue weighted by atomic mass is 35.5. The lowest BCUT2D eigenvalue weighted by atomic mass is 10.1. The number of ether oxygens (including phenoxy) is 1. The van der Waals surface area contributed by atoms with E-state index in [1.165, 1.54) is 7.11 Å². The number of rotatable bonds is 6. The standard InChI is InChI=1S/C14H17ClN2O2/c1-3-4-5-12(14(18)19-2)17-13-8-10(9-16)6-7-11(13)15/h6-8,12,17H,3-5H2,1-2H3. The van der Waals surface area contributed by atoms with Crippen LogP contribution in [0.2, 0.25) is 5.02 Å². The fourth-order valence-electron chi connectivity index (χ4n) is 1.69. The van der Waals surface area contributed by atoms with E-state index in [4.69, 9.17) is 21.6 Å². The first-order valence-corrected chi connectivity index (χ1v) is 6.54. The molecule has 1 N–H and O–H groups in total.